The molecule has 3 nitrogen and oxygen atoms in total. The van der Waals surface area contributed by atoms with Crippen molar-refractivity contribution in [3.05, 3.63) is 88.4 Å². The average Bonchev–Trinajstić information content (AvgIpc) is 3.10. The second-order valence-corrected chi connectivity index (χ2v) is 8.87. The Balaban J connectivity index is 1.48. The number of thioether (sulfide) groups is 1. The summed E-state index contributed by atoms with van der Waals surface area (Å²) in [5.41, 5.74) is 5.24. The molecule has 0 atom stereocenters. The molecule has 0 aliphatic carbocycles. The minimum absolute atomic E-state index is 0.0299. The highest BCUT2D eigenvalue weighted by Crippen LogP contribution is 2.37. The van der Waals surface area contributed by atoms with Gasteiger partial charge in [0.1, 0.15) is 0 Å². The molecule has 5 heteroatoms. The minimum atomic E-state index is -0.0299. The van der Waals surface area contributed by atoms with Crippen LogP contribution in [0, 0.1) is 6.92 Å². The summed E-state index contributed by atoms with van der Waals surface area (Å²) in [7, 11) is 0. The van der Waals surface area contributed by atoms with Crippen LogP contribution in [0.5, 0.6) is 0 Å². The molecule has 0 unspecified atom stereocenters. The van der Waals surface area contributed by atoms with Crippen molar-refractivity contribution < 1.29 is 4.79 Å². The summed E-state index contributed by atoms with van der Waals surface area (Å²) in [6.07, 6.45) is 0. The van der Waals surface area contributed by atoms with E-state index in [0.717, 1.165) is 32.6 Å². The van der Waals surface area contributed by atoms with E-state index in [0.29, 0.717) is 12.1 Å². The number of aryl methyl sites for hydroxylation is 1. The number of H-pyrrole nitrogens is 1. The van der Waals surface area contributed by atoms with Gasteiger partial charge in [0, 0.05) is 38.1 Å². The van der Waals surface area contributed by atoms with Gasteiger partial charge in [0.15, 0.2) is 0 Å². The SMILES string of the molecule is Cc1ccc(C(=O)NCCSc2c(-c3ccc(Br)cc3)[nH]c3ccccc23)cc1. The number of benzene rings is 3. The van der Waals surface area contributed by atoms with Gasteiger partial charge in [-0.1, -0.05) is 64.0 Å². The van der Waals surface area contributed by atoms with E-state index >= 15 is 0 Å². The van der Waals surface area contributed by atoms with Gasteiger partial charge >= 0.3 is 0 Å². The molecule has 1 amide bonds. The molecular weight excluding hydrogens is 444 g/mol. The molecule has 2 N–H and O–H groups in total. The van der Waals surface area contributed by atoms with Crippen molar-refractivity contribution in [3.8, 4) is 11.3 Å². The van der Waals surface area contributed by atoms with Crippen molar-refractivity contribution in [2.75, 3.05) is 12.3 Å². The van der Waals surface area contributed by atoms with Gasteiger partial charge in [-0.3, -0.25) is 4.79 Å². The minimum Gasteiger partial charge on any atom is -0.354 e. The quantitative estimate of drug-likeness (QED) is 0.255. The number of nitrogens with one attached hydrogen (secondary N) is 2. The first kappa shape index (κ1) is 19.8. The summed E-state index contributed by atoms with van der Waals surface area (Å²) in [6, 6.07) is 24.3. The second-order valence-electron chi connectivity index (χ2n) is 6.85. The fraction of sp³-hybridized carbons (Fsp3) is 0.125. The van der Waals surface area contributed by atoms with Crippen LogP contribution in [0.4, 0.5) is 0 Å². The van der Waals surface area contributed by atoms with Crippen LogP contribution in [0.15, 0.2) is 82.2 Å². The van der Waals surface area contributed by atoms with E-state index in [9.17, 15) is 4.79 Å². The molecule has 0 radical (unpaired) electrons. The number of hydrogen-bond donors (Lipinski definition) is 2. The van der Waals surface area contributed by atoms with E-state index in [4.69, 9.17) is 0 Å². The Labute approximate surface area is 183 Å². The molecule has 3 aromatic carbocycles. The Hall–Kier alpha value is -2.50. The Kier molecular flexibility index (Phi) is 6.07. The summed E-state index contributed by atoms with van der Waals surface area (Å²) in [5, 5.41) is 4.23. The maximum atomic E-state index is 12.3. The molecule has 4 rings (SSSR count). The number of para-hydroxylation sites is 1. The molecule has 0 saturated heterocycles. The number of aromatic amines is 1. The van der Waals surface area contributed by atoms with Gasteiger partial charge in [-0.15, -0.1) is 11.8 Å². The summed E-state index contributed by atoms with van der Waals surface area (Å²) >= 11 is 5.27. The first-order valence-electron chi connectivity index (χ1n) is 9.46. The lowest BCUT2D eigenvalue weighted by Gasteiger charge is -2.08. The number of aromatic nitrogens is 1. The van der Waals surface area contributed by atoms with Gasteiger partial charge in [-0.2, -0.15) is 0 Å². The lowest BCUT2D eigenvalue weighted by molar-refractivity contribution is 0.0956. The number of carbonyl (C=O) groups is 1. The van der Waals surface area contributed by atoms with Crippen LogP contribution < -0.4 is 5.32 Å². The van der Waals surface area contributed by atoms with E-state index < -0.39 is 0 Å². The standard InChI is InChI=1S/C24H21BrN2OS/c1-16-6-8-18(9-7-16)24(28)26-14-15-29-23-20-4-2-3-5-21(20)27-22(23)17-10-12-19(25)13-11-17/h2-13,27H,14-15H2,1H3,(H,26,28). The molecule has 0 spiro atoms. The summed E-state index contributed by atoms with van der Waals surface area (Å²) in [5.74, 6) is 0.765. The van der Waals surface area contributed by atoms with E-state index in [2.05, 4.69) is 68.7 Å². The van der Waals surface area contributed by atoms with E-state index in [1.165, 1.54) is 10.3 Å². The van der Waals surface area contributed by atoms with Gasteiger partial charge in [0.05, 0.1) is 5.69 Å². The van der Waals surface area contributed by atoms with Gasteiger partial charge in [0.25, 0.3) is 5.91 Å². The molecule has 0 aliphatic rings. The topological polar surface area (TPSA) is 44.9 Å². The molecule has 4 aromatic rings. The number of fused-ring (bicyclic) bond motifs is 1. The molecule has 146 valence electrons. The zero-order chi connectivity index (χ0) is 20.2. The van der Waals surface area contributed by atoms with Gasteiger partial charge < -0.3 is 10.3 Å². The lowest BCUT2D eigenvalue weighted by Crippen LogP contribution is -2.25. The van der Waals surface area contributed by atoms with Crippen LogP contribution in [0.25, 0.3) is 22.2 Å². The third-order valence-electron chi connectivity index (χ3n) is 4.74. The van der Waals surface area contributed by atoms with Crippen molar-refractivity contribution in [3.63, 3.8) is 0 Å². The first-order valence-corrected chi connectivity index (χ1v) is 11.2. The Morgan fingerprint density at radius 1 is 1.00 bits per heavy atom. The molecule has 0 saturated carbocycles. The molecule has 0 fully saturated rings. The predicted molar refractivity (Wildman–Crippen MR) is 126 cm³/mol. The maximum Gasteiger partial charge on any atom is 0.251 e. The average molecular weight is 465 g/mol. The summed E-state index contributed by atoms with van der Waals surface area (Å²) < 4.78 is 1.06. The predicted octanol–water partition coefficient (Wildman–Crippen LogP) is 6.43. The number of carbonyl (C=O) groups excluding carboxylic acids is 1. The van der Waals surface area contributed by atoms with Crippen LogP contribution in [0.3, 0.4) is 0 Å². The monoisotopic (exact) mass is 464 g/mol. The zero-order valence-corrected chi connectivity index (χ0v) is 18.4. The summed E-state index contributed by atoms with van der Waals surface area (Å²) in [6.45, 7) is 2.62. The highest BCUT2D eigenvalue weighted by atomic mass is 79.9. The van der Waals surface area contributed by atoms with E-state index in [1.54, 1.807) is 11.8 Å². The second kappa shape index (κ2) is 8.89. The Bertz CT molecular complexity index is 1130. The number of halogens is 1. The smallest absolute Gasteiger partial charge is 0.251 e. The van der Waals surface area contributed by atoms with Crippen LogP contribution in [0.1, 0.15) is 15.9 Å². The van der Waals surface area contributed by atoms with Crippen molar-refractivity contribution in [1.29, 1.82) is 0 Å². The van der Waals surface area contributed by atoms with Crippen molar-refractivity contribution >= 4 is 44.5 Å². The Morgan fingerprint density at radius 2 is 1.72 bits per heavy atom. The fourth-order valence-corrected chi connectivity index (χ4v) is 4.53. The molecule has 0 bridgehead atoms. The van der Waals surface area contributed by atoms with Crippen LogP contribution >= 0.6 is 27.7 Å². The summed E-state index contributed by atoms with van der Waals surface area (Å²) in [4.78, 5) is 17.1. The van der Waals surface area contributed by atoms with Crippen LogP contribution in [-0.4, -0.2) is 23.2 Å². The first-order chi connectivity index (χ1) is 14.1. The molecule has 0 aliphatic heterocycles. The largest absolute Gasteiger partial charge is 0.354 e. The normalized spacial score (nSPS) is 11.0. The number of amides is 1. The van der Waals surface area contributed by atoms with Gasteiger partial charge in [-0.25, -0.2) is 0 Å². The van der Waals surface area contributed by atoms with Crippen molar-refractivity contribution in [1.82, 2.24) is 10.3 Å². The molecule has 1 heterocycles. The van der Waals surface area contributed by atoms with Crippen molar-refractivity contribution in [2.24, 2.45) is 0 Å². The van der Waals surface area contributed by atoms with Crippen molar-refractivity contribution in [2.45, 2.75) is 11.8 Å². The highest BCUT2D eigenvalue weighted by molar-refractivity contribution is 9.10. The third kappa shape index (κ3) is 4.57. The van der Waals surface area contributed by atoms with Gasteiger partial charge in [-0.05, 0) is 42.8 Å². The fourth-order valence-electron chi connectivity index (χ4n) is 3.21. The van der Waals surface area contributed by atoms with Crippen LogP contribution in [-0.2, 0) is 0 Å². The Morgan fingerprint density at radius 3 is 2.48 bits per heavy atom. The number of rotatable bonds is 6. The third-order valence-corrected chi connectivity index (χ3v) is 6.39. The van der Waals surface area contributed by atoms with Gasteiger partial charge in [0.2, 0.25) is 0 Å². The highest BCUT2D eigenvalue weighted by Gasteiger charge is 2.14. The van der Waals surface area contributed by atoms with Crippen LogP contribution in [0.2, 0.25) is 0 Å². The van der Waals surface area contributed by atoms with E-state index in [-0.39, 0.29) is 5.91 Å². The molecule has 29 heavy (non-hydrogen) atoms. The molecular formula is C24H21BrN2OS. The number of hydrogen-bond acceptors (Lipinski definition) is 2. The molecule has 1 aromatic heterocycles. The lowest BCUT2D eigenvalue weighted by atomic mass is 10.1. The maximum absolute atomic E-state index is 12.3. The zero-order valence-electron chi connectivity index (χ0n) is 16.0. The van der Waals surface area contributed by atoms with E-state index in [1.807, 2.05) is 37.3 Å².